The third-order valence-electron chi connectivity index (χ3n) is 4.18. The van der Waals surface area contributed by atoms with Crippen molar-refractivity contribution in [3.8, 4) is 0 Å². The average Bonchev–Trinajstić information content (AvgIpc) is 2.48. The maximum Gasteiger partial charge on any atom is 0.104 e. The Balaban J connectivity index is 2.25. The Labute approximate surface area is 107 Å². The fourth-order valence-electron chi connectivity index (χ4n) is 3.45. The first kappa shape index (κ1) is 13.0. The van der Waals surface area contributed by atoms with Crippen LogP contribution < -0.4 is 0 Å². The minimum absolute atomic E-state index is 0.338. The predicted octanol–water partition coefficient (Wildman–Crippen LogP) is 4.10. The van der Waals surface area contributed by atoms with E-state index in [0.29, 0.717) is 29.7 Å². The van der Waals surface area contributed by atoms with E-state index in [1.54, 1.807) is 5.57 Å². The number of ether oxygens (including phenoxy) is 1. The van der Waals surface area contributed by atoms with Crippen LogP contribution in [0.5, 0.6) is 0 Å². The van der Waals surface area contributed by atoms with Crippen LogP contribution in [-0.2, 0) is 4.74 Å². The first-order chi connectivity index (χ1) is 8.00. The predicted molar refractivity (Wildman–Crippen MR) is 73.0 cm³/mol. The van der Waals surface area contributed by atoms with Crippen LogP contribution >= 0.6 is 0 Å². The van der Waals surface area contributed by atoms with Crippen LogP contribution in [-0.4, -0.2) is 14.0 Å². The van der Waals surface area contributed by atoms with Crippen LogP contribution in [0.4, 0.5) is 0 Å². The Morgan fingerprint density at radius 3 is 2.41 bits per heavy atom. The first-order valence-corrected chi connectivity index (χ1v) is 7.16. The molecule has 2 heteroatoms. The van der Waals surface area contributed by atoms with Crippen LogP contribution in [0.25, 0.3) is 0 Å². The molecule has 0 saturated heterocycles. The molecule has 2 rings (SSSR count). The summed E-state index contributed by atoms with van der Waals surface area (Å²) in [7, 11) is 6.14. The van der Waals surface area contributed by atoms with E-state index in [-0.39, 0.29) is 0 Å². The molecular formula is C15H25BO. The summed E-state index contributed by atoms with van der Waals surface area (Å²) in [5.74, 6) is 3.36. The van der Waals surface area contributed by atoms with Gasteiger partial charge in [0.1, 0.15) is 6.10 Å². The minimum atomic E-state index is 0.338. The zero-order chi connectivity index (χ0) is 12.6. The fraction of sp³-hybridized carbons (Fsp3) is 0.867. The van der Waals surface area contributed by atoms with Gasteiger partial charge in [-0.1, -0.05) is 46.4 Å². The molecule has 0 N–H and O–H groups in total. The number of hydrogen-bond acceptors (Lipinski definition) is 1. The average molecular weight is 232 g/mol. The summed E-state index contributed by atoms with van der Waals surface area (Å²) in [6.07, 6.45) is 5.09. The third kappa shape index (κ3) is 2.56. The first-order valence-electron chi connectivity index (χ1n) is 7.16. The van der Waals surface area contributed by atoms with E-state index in [9.17, 15) is 0 Å². The molecule has 0 bridgehead atoms. The number of allylic oxidation sites excluding steroid dienone is 1. The highest BCUT2D eigenvalue weighted by Gasteiger charge is 2.39. The Morgan fingerprint density at radius 2 is 1.82 bits per heavy atom. The molecule has 1 fully saturated rings. The van der Waals surface area contributed by atoms with Crippen molar-refractivity contribution >= 4 is 7.85 Å². The van der Waals surface area contributed by atoms with E-state index in [4.69, 9.17) is 12.6 Å². The van der Waals surface area contributed by atoms with Gasteiger partial charge in [0, 0.05) is 11.8 Å². The van der Waals surface area contributed by atoms with Gasteiger partial charge >= 0.3 is 0 Å². The molecule has 0 aromatic carbocycles. The Morgan fingerprint density at radius 1 is 1.12 bits per heavy atom. The highest BCUT2D eigenvalue weighted by molar-refractivity contribution is 6.11. The molecule has 0 aromatic heterocycles. The van der Waals surface area contributed by atoms with Crippen molar-refractivity contribution in [1.29, 1.82) is 0 Å². The molecule has 0 amide bonds. The molecule has 3 atom stereocenters. The lowest BCUT2D eigenvalue weighted by Crippen LogP contribution is -2.19. The zero-order valence-corrected chi connectivity index (χ0v) is 11.7. The largest absolute Gasteiger partial charge is 0.494 e. The van der Waals surface area contributed by atoms with Crippen LogP contribution in [0.1, 0.15) is 53.4 Å². The Hall–Kier alpha value is -0.395. The smallest absolute Gasteiger partial charge is 0.104 e. The van der Waals surface area contributed by atoms with Gasteiger partial charge in [-0.15, -0.1) is 0 Å². The van der Waals surface area contributed by atoms with Gasteiger partial charge in [-0.2, -0.15) is 0 Å². The Bertz CT molecular complexity index is 306. The lowest BCUT2D eigenvalue weighted by molar-refractivity contribution is 0.0917. The highest BCUT2D eigenvalue weighted by Crippen LogP contribution is 2.46. The summed E-state index contributed by atoms with van der Waals surface area (Å²) in [5, 5.41) is 0. The van der Waals surface area contributed by atoms with Crippen molar-refractivity contribution in [1.82, 2.24) is 0 Å². The lowest BCUT2D eigenvalue weighted by atomic mass is 9.79. The van der Waals surface area contributed by atoms with E-state index in [1.807, 2.05) is 0 Å². The van der Waals surface area contributed by atoms with Gasteiger partial charge in [-0.25, -0.2) is 0 Å². The van der Waals surface area contributed by atoms with E-state index in [2.05, 4.69) is 27.7 Å². The van der Waals surface area contributed by atoms with Crippen LogP contribution in [0, 0.1) is 17.8 Å². The van der Waals surface area contributed by atoms with Crippen molar-refractivity contribution in [2.75, 3.05) is 0 Å². The quantitative estimate of drug-likeness (QED) is 0.651. The zero-order valence-electron chi connectivity index (χ0n) is 11.7. The molecule has 1 heterocycles. The van der Waals surface area contributed by atoms with E-state index >= 15 is 0 Å². The fourth-order valence-corrected chi connectivity index (χ4v) is 3.45. The summed E-state index contributed by atoms with van der Waals surface area (Å²) in [4.78, 5) is 0. The Kier molecular flexibility index (Phi) is 3.90. The van der Waals surface area contributed by atoms with Gasteiger partial charge < -0.3 is 4.74 Å². The number of rotatable bonds is 2. The normalized spacial score (nSPS) is 33.9. The molecular weight excluding hydrogens is 207 g/mol. The van der Waals surface area contributed by atoms with Crippen LogP contribution in [0.2, 0.25) is 5.82 Å². The van der Waals surface area contributed by atoms with Gasteiger partial charge in [-0.05, 0) is 24.3 Å². The summed E-state index contributed by atoms with van der Waals surface area (Å²) < 4.78 is 6.25. The van der Waals surface area contributed by atoms with E-state index in [0.717, 1.165) is 6.42 Å². The molecule has 2 aliphatic rings. The van der Waals surface area contributed by atoms with Crippen molar-refractivity contribution in [2.24, 2.45) is 17.8 Å². The molecule has 1 aliphatic carbocycles. The number of fused-ring (bicyclic) bond motifs is 1. The molecule has 94 valence electrons. The molecule has 0 spiro atoms. The summed E-state index contributed by atoms with van der Waals surface area (Å²) >= 11 is 0. The maximum atomic E-state index is 6.25. The van der Waals surface area contributed by atoms with Gasteiger partial charge in [0.05, 0.1) is 13.6 Å². The molecule has 0 aromatic rings. The van der Waals surface area contributed by atoms with Gasteiger partial charge in [0.25, 0.3) is 0 Å². The molecule has 2 radical (unpaired) electrons. The maximum absolute atomic E-state index is 6.25. The molecule has 3 unspecified atom stereocenters. The highest BCUT2D eigenvalue weighted by atomic mass is 16.5. The van der Waals surface area contributed by atoms with Crippen LogP contribution in [0.15, 0.2) is 11.3 Å². The molecule has 17 heavy (non-hydrogen) atoms. The molecule has 1 nitrogen and oxygen atoms in total. The van der Waals surface area contributed by atoms with Crippen molar-refractivity contribution in [3.63, 3.8) is 0 Å². The van der Waals surface area contributed by atoms with Crippen molar-refractivity contribution in [3.05, 3.63) is 11.3 Å². The van der Waals surface area contributed by atoms with Crippen molar-refractivity contribution < 1.29 is 4.74 Å². The minimum Gasteiger partial charge on any atom is -0.494 e. The van der Waals surface area contributed by atoms with Gasteiger partial charge in [0.2, 0.25) is 0 Å². The van der Waals surface area contributed by atoms with Crippen molar-refractivity contribution in [2.45, 2.75) is 65.3 Å². The third-order valence-corrected chi connectivity index (χ3v) is 4.18. The van der Waals surface area contributed by atoms with Crippen LogP contribution in [0.3, 0.4) is 0 Å². The second-order valence-corrected chi connectivity index (χ2v) is 6.32. The topological polar surface area (TPSA) is 9.23 Å². The number of hydrogen-bond donors (Lipinski definition) is 0. The van der Waals surface area contributed by atoms with E-state index in [1.165, 1.54) is 25.0 Å². The second-order valence-electron chi connectivity index (χ2n) is 6.32. The lowest BCUT2D eigenvalue weighted by Gasteiger charge is -2.21. The molecule has 1 saturated carbocycles. The van der Waals surface area contributed by atoms with Gasteiger partial charge in [0.15, 0.2) is 0 Å². The standard InChI is InChI=1S/C15H25BO/c1-9(2)14-12-7-5-6-11(16)8-13(12)17-15(14)10(3)4/h9-13H,5-8H2,1-4H3. The van der Waals surface area contributed by atoms with E-state index < -0.39 is 0 Å². The summed E-state index contributed by atoms with van der Waals surface area (Å²) in [5.41, 5.74) is 1.58. The SMILES string of the molecule is [B]C1CCCC2C(C(C)C)=C(C(C)C)OC2C1. The van der Waals surface area contributed by atoms with Gasteiger partial charge in [-0.3, -0.25) is 0 Å². The molecule has 1 aliphatic heterocycles. The summed E-state index contributed by atoms with van der Waals surface area (Å²) in [6.45, 7) is 9.08. The second kappa shape index (κ2) is 5.08. The monoisotopic (exact) mass is 232 g/mol. The summed E-state index contributed by atoms with van der Waals surface area (Å²) in [6, 6.07) is 0.